The quantitative estimate of drug-likeness (QED) is 0.355. The van der Waals surface area contributed by atoms with Crippen LogP contribution in [0.25, 0.3) is 10.9 Å². The van der Waals surface area contributed by atoms with Crippen molar-refractivity contribution >= 4 is 51.8 Å². The van der Waals surface area contributed by atoms with Gasteiger partial charge < -0.3 is 10.1 Å². The Morgan fingerprint density at radius 3 is 2.56 bits per heavy atom. The average molecular weight is 494 g/mol. The fourth-order valence-electron chi connectivity index (χ4n) is 3.17. The monoisotopic (exact) mass is 493 g/mol. The van der Waals surface area contributed by atoms with E-state index in [9.17, 15) is 14.4 Å². The number of anilines is 1. The summed E-state index contributed by atoms with van der Waals surface area (Å²) in [4.78, 5) is 43.0. The van der Waals surface area contributed by atoms with Crippen LogP contribution in [0.2, 0.25) is 5.02 Å². The van der Waals surface area contributed by atoms with Gasteiger partial charge in [0.2, 0.25) is 0 Å². The van der Waals surface area contributed by atoms with Crippen molar-refractivity contribution in [3.63, 3.8) is 0 Å². The number of para-hydroxylation sites is 2. The standard InChI is InChI=1S/C25H20ClN3O4S/c26-17-9-11-18(12-10-17)34-22-8-4-3-7-21(22)28-23(30)15-33-24(31)13-14-29-16-27-20-6-2-1-5-19(20)25(29)32/h1-12,16H,13-15H2,(H,28,30). The molecule has 0 saturated heterocycles. The Morgan fingerprint density at radius 2 is 1.74 bits per heavy atom. The van der Waals surface area contributed by atoms with E-state index >= 15 is 0 Å². The minimum Gasteiger partial charge on any atom is -0.456 e. The third kappa shape index (κ3) is 6.03. The molecule has 0 spiro atoms. The highest BCUT2D eigenvalue weighted by molar-refractivity contribution is 7.99. The first-order valence-corrected chi connectivity index (χ1v) is 11.6. The average Bonchev–Trinajstić information content (AvgIpc) is 2.85. The number of aryl methyl sites for hydroxylation is 1. The van der Waals surface area contributed by atoms with Gasteiger partial charge in [0, 0.05) is 21.4 Å². The number of rotatable bonds is 8. The lowest BCUT2D eigenvalue weighted by Crippen LogP contribution is -2.24. The fourth-order valence-corrected chi connectivity index (χ4v) is 4.20. The SMILES string of the molecule is O=C(COC(=O)CCn1cnc2ccccc2c1=O)Nc1ccccc1Sc1ccc(Cl)cc1. The van der Waals surface area contributed by atoms with Crippen LogP contribution in [0.1, 0.15) is 6.42 Å². The molecule has 3 aromatic carbocycles. The highest BCUT2D eigenvalue weighted by atomic mass is 35.5. The molecule has 0 bridgehead atoms. The molecule has 1 amide bonds. The van der Waals surface area contributed by atoms with Crippen LogP contribution in [0.5, 0.6) is 0 Å². The molecule has 0 aliphatic carbocycles. The number of carbonyl (C=O) groups is 2. The van der Waals surface area contributed by atoms with Gasteiger partial charge >= 0.3 is 5.97 Å². The van der Waals surface area contributed by atoms with Gasteiger partial charge in [-0.15, -0.1) is 0 Å². The Labute approximate surface area is 204 Å². The van der Waals surface area contributed by atoms with Gasteiger partial charge in [-0.1, -0.05) is 47.6 Å². The Hall–Kier alpha value is -3.62. The largest absolute Gasteiger partial charge is 0.456 e. The van der Waals surface area contributed by atoms with Crippen LogP contribution in [-0.2, 0) is 20.9 Å². The number of benzene rings is 3. The summed E-state index contributed by atoms with van der Waals surface area (Å²) in [5.41, 5.74) is 0.973. The maximum atomic E-state index is 12.5. The molecule has 0 atom stereocenters. The van der Waals surface area contributed by atoms with Gasteiger partial charge in [-0.25, -0.2) is 4.98 Å². The van der Waals surface area contributed by atoms with Crippen molar-refractivity contribution in [2.24, 2.45) is 0 Å². The van der Waals surface area contributed by atoms with Gasteiger partial charge in [0.15, 0.2) is 6.61 Å². The second kappa shape index (κ2) is 11.0. The molecule has 1 aromatic heterocycles. The van der Waals surface area contributed by atoms with Gasteiger partial charge in [0.05, 0.1) is 29.3 Å². The van der Waals surface area contributed by atoms with E-state index in [4.69, 9.17) is 16.3 Å². The summed E-state index contributed by atoms with van der Waals surface area (Å²) in [7, 11) is 0. The molecule has 0 radical (unpaired) electrons. The molecule has 4 aromatic rings. The van der Waals surface area contributed by atoms with E-state index in [1.807, 2.05) is 30.3 Å². The lowest BCUT2D eigenvalue weighted by molar-refractivity contribution is -0.147. The molecule has 4 rings (SSSR count). The maximum Gasteiger partial charge on any atom is 0.308 e. The molecule has 7 nitrogen and oxygen atoms in total. The normalized spacial score (nSPS) is 10.7. The van der Waals surface area contributed by atoms with Crippen molar-refractivity contribution < 1.29 is 14.3 Å². The van der Waals surface area contributed by atoms with Crippen molar-refractivity contribution in [1.29, 1.82) is 0 Å². The van der Waals surface area contributed by atoms with E-state index < -0.39 is 18.5 Å². The van der Waals surface area contributed by atoms with E-state index in [1.54, 1.807) is 42.5 Å². The number of ether oxygens (including phenoxy) is 1. The zero-order valence-electron chi connectivity index (χ0n) is 17.9. The van der Waals surface area contributed by atoms with E-state index in [1.165, 1.54) is 22.7 Å². The molecule has 34 heavy (non-hydrogen) atoms. The first-order chi connectivity index (χ1) is 16.5. The number of hydrogen-bond donors (Lipinski definition) is 1. The van der Waals surface area contributed by atoms with Gasteiger partial charge in [-0.2, -0.15) is 0 Å². The minimum absolute atomic E-state index is 0.0593. The molecular weight excluding hydrogens is 474 g/mol. The summed E-state index contributed by atoms with van der Waals surface area (Å²) < 4.78 is 6.44. The number of halogens is 1. The van der Waals surface area contributed by atoms with Crippen LogP contribution in [0.15, 0.2) is 93.7 Å². The van der Waals surface area contributed by atoms with Crippen LogP contribution in [-0.4, -0.2) is 28.0 Å². The zero-order valence-corrected chi connectivity index (χ0v) is 19.5. The van der Waals surface area contributed by atoms with Crippen molar-refractivity contribution in [2.75, 3.05) is 11.9 Å². The first-order valence-electron chi connectivity index (χ1n) is 10.4. The van der Waals surface area contributed by atoms with Gasteiger partial charge in [-0.3, -0.25) is 19.0 Å². The number of fused-ring (bicyclic) bond motifs is 1. The summed E-state index contributed by atoms with van der Waals surface area (Å²) in [5.74, 6) is -1.04. The molecule has 1 heterocycles. The Bertz CT molecular complexity index is 1390. The van der Waals surface area contributed by atoms with Crippen molar-refractivity contribution in [3.8, 4) is 0 Å². The smallest absolute Gasteiger partial charge is 0.308 e. The van der Waals surface area contributed by atoms with Crippen LogP contribution in [0.4, 0.5) is 5.69 Å². The van der Waals surface area contributed by atoms with E-state index in [0.29, 0.717) is 21.6 Å². The Morgan fingerprint density at radius 1 is 1.00 bits per heavy atom. The highest BCUT2D eigenvalue weighted by Crippen LogP contribution is 2.33. The molecule has 0 saturated carbocycles. The molecule has 0 unspecified atom stereocenters. The predicted octanol–water partition coefficient (Wildman–Crippen LogP) is 4.77. The zero-order chi connectivity index (χ0) is 23.9. The lowest BCUT2D eigenvalue weighted by Gasteiger charge is -2.11. The van der Waals surface area contributed by atoms with Crippen molar-refractivity contribution in [1.82, 2.24) is 9.55 Å². The molecule has 0 fully saturated rings. The summed E-state index contributed by atoms with van der Waals surface area (Å²) in [6, 6.07) is 21.7. The molecular formula is C25H20ClN3O4S. The number of carbonyl (C=O) groups excluding carboxylic acids is 2. The lowest BCUT2D eigenvalue weighted by atomic mass is 10.2. The van der Waals surface area contributed by atoms with Gasteiger partial charge in [0.25, 0.3) is 11.5 Å². The topological polar surface area (TPSA) is 90.3 Å². The van der Waals surface area contributed by atoms with Crippen molar-refractivity contribution in [3.05, 3.63) is 94.5 Å². The third-order valence-corrected chi connectivity index (χ3v) is 6.19. The highest BCUT2D eigenvalue weighted by Gasteiger charge is 2.12. The third-order valence-electron chi connectivity index (χ3n) is 4.86. The number of esters is 1. The number of nitrogens with zero attached hydrogens (tertiary/aromatic N) is 2. The Balaban J connectivity index is 1.30. The second-order valence-electron chi connectivity index (χ2n) is 7.27. The molecule has 0 aliphatic heterocycles. The minimum atomic E-state index is -0.584. The summed E-state index contributed by atoms with van der Waals surface area (Å²) in [5, 5.41) is 3.90. The van der Waals surface area contributed by atoms with Gasteiger partial charge in [-0.05, 0) is 48.5 Å². The van der Waals surface area contributed by atoms with Gasteiger partial charge in [0.1, 0.15) is 0 Å². The summed E-state index contributed by atoms with van der Waals surface area (Å²) >= 11 is 7.41. The van der Waals surface area contributed by atoms with E-state index in [0.717, 1.165) is 9.79 Å². The van der Waals surface area contributed by atoms with Crippen LogP contribution >= 0.6 is 23.4 Å². The second-order valence-corrected chi connectivity index (χ2v) is 8.82. The molecule has 0 aliphatic rings. The number of aromatic nitrogens is 2. The summed E-state index contributed by atoms with van der Waals surface area (Å²) in [6.07, 6.45) is 1.34. The Kier molecular flexibility index (Phi) is 7.61. The van der Waals surface area contributed by atoms with Crippen molar-refractivity contribution in [2.45, 2.75) is 22.8 Å². The number of hydrogen-bond acceptors (Lipinski definition) is 6. The maximum absolute atomic E-state index is 12.5. The van der Waals surface area contributed by atoms with Crippen LogP contribution in [0, 0.1) is 0 Å². The predicted molar refractivity (Wildman–Crippen MR) is 132 cm³/mol. The summed E-state index contributed by atoms with van der Waals surface area (Å²) in [6.45, 7) is -0.318. The number of nitrogens with one attached hydrogen (secondary N) is 1. The fraction of sp³-hybridized carbons (Fsp3) is 0.120. The van der Waals surface area contributed by atoms with Crippen LogP contribution in [0.3, 0.4) is 0 Å². The molecule has 172 valence electrons. The number of amides is 1. The molecule has 9 heteroatoms. The van der Waals surface area contributed by atoms with E-state index in [-0.39, 0.29) is 18.5 Å². The van der Waals surface area contributed by atoms with Crippen LogP contribution < -0.4 is 10.9 Å². The first kappa shape index (κ1) is 23.5. The molecule has 1 N–H and O–H groups in total. The van der Waals surface area contributed by atoms with E-state index in [2.05, 4.69) is 10.3 Å².